The third-order valence-corrected chi connectivity index (χ3v) is 3.36. The Bertz CT molecular complexity index is 556. The van der Waals surface area contributed by atoms with E-state index in [1.165, 1.54) is 19.1 Å². The number of hydrogen-bond acceptors (Lipinski definition) is 5. The maximum Gasteiger partial charge on any atom is 0.346 e. The molecule has 112 valence electrons. The second kappa shape index (κ2) is 6.92. The minimum atomic E-state index is -0.721. The topological polar surface area (TPSA) is 72.8 Å². The number of carbonyl (C=O) groups excluding carboxylic acids is 2. The van der Waals surface area contributed by atoms with Crippen molar-refractivity contribution in [3.63, 3.8) is 0 Å². The lowest BCUT2D eigenvalue weighted by Crippen LogP contribution is -2.15. The normalized spacial score (nSPS) is 15.8. The molecule has 1 saturated carbocycles. The molecule has 1 aromatic carbocycles. The molecular formula is C16H18O5. The minimum Gasteiger partial charge on any atom is -0.507 e. The van der Waals surface area contributed by atoms with Gasteiger partial charge in [0.2, 0.25) is 0 Å². The van der Waals surface area contributed by atoms with Crippen LogP contribution in [-0.2, 0) is 14.3 Å². The van der Waals surface area contributed by atoms with Crippen molar-refractivity contribution in [3.05, 3.63) is 41.7 Å². The molecule has 0 amide bonds. The number of rotatable bonds is 4. The first-order valence-electron chi connectivity index (χ1n) is 6.94. The van der Waals surface area contributed by atoms with Crippen molar-refractivity contribution in [2.75, 3.05) is 0 Å². The summed E-state index contributed by atoms with van der Waals surface area (Å²) in [4.78, 5) is 23.5. The fourth-order valence-electron chi connectivity index (χ4n) is 2.15. The summed E-state index contributed by atoms with van der Waals surface area (Å²) in [6.45, 7) is 1.52. The van der Waals surface area contributed by atoms with Crippen LogP contribution < -0.4 is 0 Å². The van der Waals surface area contributed by atoms with E-state index in [1.807, 2.05) is 0 Å². The van der Waals surface area contributed by atoms with Gasteiger partial charge < -0.3 is 14.6 Å². The highest BCUT2D eigenvalue weighted by atomic mass is 16.6. The third kappa shape index (κ3) is 4.08. The van der Waals surface area contributed by atoms with E-state index >= 15 is 0 Å². The maximum atomic E-state index is 11.8. The quantitative estimate of drug-likeness (QED) is 0.524. The molecule has 1 fully saturated rings. The smallest absolute Gasteiger partial charge is 0.346 e. The minimum absolute atomic E-state index is 0.0327. The SMILES string of the molecule is CC(=COC(=O)c1ccccc1O)C(=O)OC1CCCC1. The number of aromatic hydroxyl groups is 1. The molecule has 1 aliphatic carbocycles. The van der Waals surface area contributed by atoms with Crippen LogP contribution in [0, 0.1) is 0 Å². The summed E-state index contributed by atoms with van der Waals surface area (Å²) in [7, 11) is 0. The standard InChI is InChI=1S/C16H18O5/c1-11(15(18)21-12-6-2-3-7-12)10-20-16(19)13-8-4-5-9-14(13)17/h4-5,8-10,12,17H,2-3,6-7H2,1H3. The second-order valence-electron chi connectivity index (χ2n) is 5.04. The van der Waals surface area contributed by atoms with E-state index in [0.29, 0.717) is 0 Å². The van der Waals surface area contributed by atoms with Crippen molar-refractivity contribution in [2.24, 2.45) is 0 Å². The predicted octanol–water partition coefficient (Wildman–Crippen LogP) is 2.94. The van der Waals surface area contributed by atoms with Crippen LogP contribution in [0.5, 0.6) is 5.75 Å². The molecule has 0 spiro atoms. The van der Waals surface area contributed by atoms with Crippen LogP contribution in [0.1, 0.15) is 43.0 Å². The van der Waals surface area contributed by atoms with Crippen LogP contribution in [0.15, 0.2) is 36.1 Å². The van der Waals surface area contributed by atoms with Gasteiger partial charge in [-0.3, -0.25) is 0 Å². The number of para-hydroxylation sites is 1. The van der Waals surface area contributed by atoms with Gasteiger partial charge in [0.05, 0.1) is 5.57 Å². The number of benzene rings is 1. The molecule has 21 heavy (non-hydrogen) atoms. The van der Waals surface area contributed by atoms with Crippen molar-refractivity contribution in [2.45, 2.75) is 38.7 Å². The molecule has 5 nitrogen and oxygen atoms in total. The molecule has 1 aliphatic rings. The lowest BCUT2D eigenvalue weighted by molar-refractivity contribution is -0.144. The second-order valence-corrected chi connectivity index (χ2v) is 5.04. The fraction of sp³-hybridized carbons (Fsp3) is 0.375. The summed E-state index contributed by atoms with van der Waals surface area (Å²) < 4.78 is 10.2. The molecule has 0 unspecified atom stereocenters. The van der Waals surface area contributed by atoms with Gasteiger partial charge >= 0.3 is 11.9 Å². The lowest BCUT2D eigenvalue weighted by atomic mass is 10.2. The van der Waals surface area contributed by atoms with E-state index in [4.69, 9.17) is 9.47 Å². The van der Waals surface area contributed by atoms with E-state index in [2.05, 4.69) is 0 Å². The molecule has 2 rings (SSSR count). The first kappa shape index (κ1) is 15.1. The Morgan fingerprint density at radius 3 is 2.57 bits per heavy atom. The molecule has 5 heteroatoms. The van der Waals surface area contributed by atoms with E-state index in [0.717, 1.165) is 31.9 Å². The molecule has 0 heterocycles. The molecule has 0 radical (unpaired) electrons. The Hall–Kier alpha value is -2.30. The first-order valence-corrected chi connectivity index (χ1v) is 6.94. The zero-order chi connectivity index (χ0) is 15.2. The van der Waals surface area contributed by atoms with E-state index < -0.39 is 11.9 Å². The molecule has 0 aromatic heterocycles. The van der Waals surface area contributed by atoms with Gasteiger partial charge in [0.15, 0.2) is 0 Å². The van der Waals surface area contributed by atoms with Crippen LogP contribution >= 0.6 is 0 Å². The van der Waals surface area contributed by atoms with Gasteiger partial charge in [0, 0.05) is 0 Å². The van der Waals surface area contributed by atoms with Crippen molar-refractivity contribution < 1.29 is 24.2 Å². The van der Waals surface area contributed by atoms with Crippen LogP contribution in [0.3, 0.4) is 0 Å². The summed E-state index contributed by atoms with van der Waals surface area (Å²) in [6, 6.07) is 6.05. The Morgan fingerprint density at radius 1 is 1.24 bits per heavy atom. The Kier molecular flexibility index (Phi) is 4.98. The molecule has 1 aromatic rings. The van der Waals surface area contributed by atoms with Gasteiger partial charge in [-0.25, -0.2) is 9.59 Å². The number of phenols is 1. The lowest BCUT2D eigenvalue weighted by Gasteiger charge is -2.11. The summed E-state index contributed by atoms with van der Waals surface area (Å²) >= 11 is 0. The largest absolute Gasteiger partial charge is 0.507 e. The van der Waals surface area contributed by atoms with Crippen LogP contribution in [0.4, 0.5) is 0 Å². The van der Waals surface area contributed by atoms with Gasteiger partial charge in [0.25, 0.3) is 0 Å². The van der Waals surface area contributed by atoms with Gasteiger partial charge in [-0.1, -0.05) is 12.1 Å². The molecule has 0 bridgehead atoms. The van der Waals surface area contributed by atoms with Crippen LogP contribution in [-0.4, -0.2) is 23.1 Å². The molecule has 0 saturated heterocycles. The Balaban J connectivity index is 1.91. The molecule has 0 atom stereocenters. The molecule has 1 N–H and O–H groups in total. The van der Waals surface area contributed by atoms with Gasteiger partial charge in [-0.15, -0.1) is 0 Å². The maximum absolute atomic E-state index is 11.8. The fourth-order valence-corrected chi connectivity index (χ4v) is 2.15. The summed E-state index contributed by atoms with van der Waals surface area (Å²) in [5.41, 5.74) is 0.261. The van der Waals surface area contributed by atoms with Crippen molar-refractivity contribution in [1.29, 1.82) is 0 Å². The monoisotopic (exact) mass is 290 g/mol. The summed E-state index contributed by atoms with van der Waals surface area (Å²) in [6.07, 6.45) is 4.94. The number of carbonyl (C=O) groups is 2. The Labute approximate surface area is 123 Å². The third-order valence-electron chi connectivity index (χ3n) is 3.36. The zero-order valence-electron chi connectivity index (χ0n) is 11.9. The highest BCUT2D eigenvalue weighted by Gasteiger charge is 2.20. The van der Waals surface area contributed by atoms with Crippen LogP contribution in [0.2, 0.25) is 0 Å². The highest BCUT2D eigenvalue weighted by Crippen LogP contribution is 2.22. The highest BCUT2D eigenvalue weighted by molar-refractivity contribution is 5.93. The average Bonchev–Trinajstić information content (AvgIpc) is 2.97. The van der Waals surface area contributed by atoms with E-state index in [-0.39, 0.29) is 23.0 Å². The molecular weight excluding hydrogens is 272 g/mol. The number of phenolic OH excluding ortho intramolecular Hbond substituents is 1. The zero-order valence-corrected chi connectivity index (χ0v) is 11.9. The summed E-state index contributed by atoms with van der Waals surface area (Å²) in [5.74, 6) is -1.37. The number of esters is 2. The van der Waals surface area contributed by atoms with Crippen molar-refractivity contribution in [1.82, 2.24) is 0 Å². The molecule has 0 aliphatic heterocycles. The van der Waals surface area contributed by atoms with Crippen molar-refractivity contribution >= 4 is 11.9 Å². The average molecular weight is 290 g/mol. The van der Waals surface area contributed by atoms with Crippen molar-refractivity contribution in [3.8, 4) is 5.75 Å². The van der Waals surface area contributed by atoms with Crippen LogP contribution in [0.25, 0.3) is 0 Å². The summed E-state index contributed by atoms with van der Waals surface area (Å²) in [5, 5.41) is 9.53. The van der Waals surface area contributed by atoms with Gasteiger partial charge in [-0.05, 0) is 44.7 Å². The Morgan fingerprint density at radius 2 is 1.90 bits per heavy atom. The number of ether oxygens (including phenoxy) is 2. The predicted molar refractivity (Wildman–Crippen MR) is 75.6 cm³/mol. The van der Waals surface area contributed by atoms with Gasteiger partial charge in [0.1, 0.15) is 23.7 Å². The first-order chi connectivity index (χ1) is 10.1. The van der Waals surface area contributed by atoms with E-state index in [1.54, 1.807) is 12.1 Å². The van der Waals surface area contributed by atoms with Gasteiger partial charge in [-0.2, -0.15) is 0 Å². The number of hydrogen-bond donors (Lipinski definition) is 1. The van der Waals surface area contributed by atoms with E-state index in [9.17, 15) is 14.7 Å².